The van der Waals surface area contributed by atoms with Crippen molar-refractivity contribution in [3.63, 3.8) is 0 Å². The monoisotopic (exact) mass is 358 g/mol. The molecule has 1 amide bonds. The Bertz CT molecular complexity index is 759. The van der Waals surface area contributed by atoms with Crippen molar-refractivity contribution in [1.29, 1.82) is 0 Å². The Morgan fingerprint density at radius 1 is 1.19 bits per heavy atom. The molecular weight excluding hydrogens is 336 g/mol. The standard InChI is InChI=1S/C19H22N2O5/c1-3-25-8-9-26-17-10-13(2)4-5-14(17)11-21-18(22)15-6-7-16(19(23)24)20-12-15/h4-7,10,12H,3,8-9,11H2,1-2H3,(H,21,22)(H,23,24). The van der Waals surface area contributed by atoms with Crippen LogP contribution >= 0.6 is 0 Å². The number of pyridine rings is 1. The van der Waals surface area contributed by atoms with E-state index in [1.54, 1.807) is 0 Å². The molecule has 0 unspecified atom stereocenters. The van der Waals surface area contributed by atoms with E-state index in [4.69, 9.17) is 14.6 Å². The molecule has 7 nitrogen and oxygen atoms in total. The van der Waals surface area contributed by atoms with Gasteiger partial charge >= 0.3 is 5.97 Å². The minimum absolute atomic E-state index is 0.106. The highest BCUT2D eigenvalue weighted by molar-refractivity contribution is 5.94. The summed E-state index contributed by atoms with van der Waals surface area (Å²) in [5, 5.41) is 11.6. The van der Waals surface area contributed by atoms with Crippen LogP contribution in [0.4, 0.5) is 0 Å². The van der Waals surface area contributed by atoms with Gasteiger partial charge < -0.3 is 19.9 Å². The van der Waals surface area contributed by atoms with Crippen LogP contribution in [0.15, 0.2) is 36.5 Å². The van der Waals surface area contributed by atoms with Gasteiger partial charge in [-0.2, -0.15) is 0 Å². The molecule has 0 fully saturated rings. The SMILES string of the molecule is CCOCCOc1cc(C)ccc1CNC(=O)c1ccc(C(=O)O)nc1. The van der Waals surface area contributed by atoms with Crippen LogP contribution in [0.2, 0.25) is 0 Å². The Morgan fingerprint density at radius 2 is 2.00 bits per heavy atom. The number of carboxylic acids is 1. The number of benzene rings is 1. The van der Waals surface area contributed by atoms with Gasteiger partial charge in [0.05, 0.1) is 12.2 Å². The summed E-state index contributed by atoms with van der Waals surface area (Å²) in [6.07, 6.45) is 1.24. The third kappa shape index (κ3) is 5.56. The molecule has 7 heteroatoms. The van der Waals surface area contributed by atoms with Crippen molar-refractivity contribution in [2.75, 3.05) is 19.8 Å². The van der Waals surface area contributed by atoms with Gasteiger partial charge in [0, 0.05) is 24.9 Å². The topological polar surface area (TPSA) is 97.8 Å². The molecule has 2 rings (SSSR count). The largest absolute Gasteiger partial charge is 0.491 e. The normalized spacial score (nSPS) is 10.4. The lowest BCUT2D eigenvalue weighted by molar-refractivity contribution is 0.0689. The van der Waals surface area contributed by atoms with E-state index in [-0.39, 0.29) is 18.1 Å². The lowest BCUT2D eigenvalue weighted by Gasteiger charge is -2.13. The van der Waals surface area contributed by atoms with Crippen molar-refractivity contribution in [2.45, 2.75) is 20.4 Å². The smallest absolute Gasteiger partial charge is 0.354 e. The second-order valence-electron chi connectivity index (χ2n) is 5.58. The number of aromatic nitrogens is 1. The first-order valence-electron chi connectivity index (χ1n) is 8.29. The zero-order valence-corrected chi connectivity index (χ0v) is 14.8. The van der Waals surface area contributed by atoms with Gasteiger partial charge in [0.15, 0.2) is 0 Å². The zero-order valence-electron chi connectivity index (χ0n) is 14.8. The summed E-state index contributed by atoms with van der Waals surface area (Å²) in [6.45, 7) is 5.73. The minimum Gasteiger partial charge on any atom is -0.491 e. The molecule has 138 valence electrons. The zero-order chi connectivity index (χ0) is 18.9. The van der Waals surface area contributed by atoms with Crippen LogP contribution in [-0.4, -0.2) is 41.8 Å². The highest BCUT2D eigenvalue weighted by Gasteiger charge is 2.11. The quantitative estimate of drug-likeness (QED) is 0.668. The number of carbonyl (C=O) groups excluding carboxylic acids is 1. The van der Waals surface area contributed by atoms with E-state index in [9.17, 15) is 9.59 Å². The molecule has 0 spiro atoms. The first-order valence-corrected chi connectivity index (χ1v) is 8.29. The van der Waals surface area contributed by atoms with Gasteiger partial charge in [-0.05, 0) is 37.6 Å². The van der Waals surface area contributed by atoms with Crippen LogP contribution in [0.1, 0.15) is 38.9 Å². The Kier molecular flexibility index (Phi) is 7.11. The maximum absolute atomic E-state index is 12.2. The molecule has 0 bridgehead atoms. The van der Waals surface area contributed by atoms with Crippen molar-refractivity contribution in [3.05, 3.63) is 58.9 Å². The van der Waals surface area contributed by atoms with Crippen LogP contribution in [-0.2, 0) is 11.3 Å². The maximum Gasteiger partial charge on any atom is 0.354 e. The van der Waals surface area contributed by atoms with Gasteiger partial charge in [-0.3, -0.25) is 4.79 Å². The number of nitrogens with one attached hydrogen (secondary N) is 1. The molecule has 1 aromatic carbocycles. The molecule has 0 aliphatic rings. The van der Waals surface area contributed by atoms with Crippen LogP contribution in [0.5, 0.6) is 5.75 Å². The lowest BCUT2D eigenvalue weighted by atomic mass is 10.1. The summed E-state index contributed by atoms with van der Waals surface area (Å²) in [7, 11) is 0. The number of carbonyl (C=O) groups is 2. The van der Waals surface area contributed by atoms with E-state index in [0.29, 0.717) is 31.1 Å². The van der Waals surface area contributed by atoms with E-state index in [0.717, 1.165) is 11.1 Å². The summed E-state index contributed by atoms with van der Waals surface area (Å²) in [6, 6.07) is 8.49. The Labute approximate surface area is 152 Å². The molecule has 0 aliphatic heterocycles. The van der Waals surface area contributed by atoms with E-state index in [2.05, 4.69) is 10.3 Å². The number of nitrogens with zero attached hydrogens (tertiary/aromatic N) is 1. The number of ether oxygens (including phenoxy) is 2. The van der Waals surface area contributed by atoms with Crippen LogP contribution < -0.4 is 10.1 Å². The number of aromatic carboxylic acids is 1. The summed E-state index contributed by atoms with van der Waals surface area (Å²) in [5.41, 5.74) is 2.08. The van der Waals surface area contributed by atoms with Crippen molar-refractivity contribution in [3.8, 4) is 5.75 Å². The first-order chi connectivity index (χ1) is 12.5. The van der Waals surface area contributed by atoms with E-state index in [1.165, 1.54) is 18.3 Å². The third-order valence-electron chi connectivity index (χ3n) is 3.60. The Morgan fingerprint density at radius 3 is 2.65 bits per heavy atom. The molecule has 2 N–H and O–H groups in total. The fraction of sp³-hybridized carbons (Fsp3) is 0.316. The maximum atomic E-state index is 12.2. The predicted octanol–water partition coefficient (Wildman–Crippen LogP) is 2.43. The van der Waals surface area contributed by atoms with E-state index < -0.39 is 5.97 Å². The highest BCUT2D eigenvalue weighted by atomic mass is 16.5. The summed E-state index contributed by atoms with van der Waals surface area (Å²) < 4.78 is 11.0. The van der Waals surface area contributed by atoms with E-state index >= 15 is 0 Å². The Balaban J connectivity index is 1.99. The fourth-order valence-corrected chi connectivity index (χ4v) is 2.23. The molecule has 0 aliphatic carbocycles. The second kappa shape index (κ2) is 9.53. The molecule has 1 heterocycles. The molecule has 26 heavy (non-hydrogen) atoms. The fourth-order valence-electron chi connectivity index (χ4n) is 2.23. The van der Waals surface area contributed by atoms with Gasteiger partial charge in [-0.1, -0.05) is 12.1 Å². The van der Waals surface area contributed by atoms with Crippen LogP contribution in [0.25, 0.3) is 0 Å². The number of hydrogen-bond acceptors (Lipinski definition) is 5. The third-order valence-corrected chi connectivity index (χ3v) is 3.60. The molecule has 0 radical (unpaired) electrons. The van der Waals surface area contributed by atoms with Crippen LogP contribution in [0.3, 0.4) is 0 Å². The molecular formula is C19H22N2O5. The average Bonchev–Trinajstić information content (AvgIpc) is 2.64. The minimum atomic E-state index is -1.13. The molecule has 0 atom stereocenters. The molecule has 0 saturated carbocycles. The highest BCUT2D eigenvalue weighted by Crippen LogP contribution is 2.20. The summed E-state index contributed by atoms with van der Waals surface area (Å²) >= 11 is 0. The number of amides is 1. The van der Waals surface area contributed by atoms with Crippen molar-refractivity contribution >= 4 is 11.9 Å². The number of rotatable bonds is 9. The Hall–Kier alpha value is -2.93. The summed E-state index contributed by atoms with van der Waals surface area (Å²) in [4.78, 5) is 26.8. The second-order valence-corrected chi connectivity index (χ2v) is 5.58. The number of carboxylic acid groups (broad SMARTS) is 1. The van der Waals surface area contributed by atoms with Gasteiger partial charge in [0.2, 0.25) is 0 Å². The van der Waals surface area contributed by atoms with Gasteiger partial charge in [0.1, 0.15) is 18.1 Å². The predicted molar refractivity (Wildman–Crippen MR) is 95.5 cm³/mol. The number of aryl methyl sites for hydroxylation is 1. The molecule has 1 aromatic heterocycles. The molecule has 0 saturated heterocycles. The van der Waals surface area contributed by atoms with Crippen molar-refractivity contribution in [2.24, 2.45) is 0 Å². The van der Waals surface area contributed by atoms with Gasteiger partial charge in [-0.25, -0.2) is 9.78 Å². The van der Waals surface area contributed by atoms with Crippen molar-refractivity contribution in [1.82, 2.24) is 10.3 Å². The van der Waals surface area contributed by atoms with E-state index in [1.807, 2.05) is 32.0 Å². The summed E-state index contributed by atoms with van der Waals surface area (Å²) in [5.74, 6) is -0.773. The average molecular weight is 358 g/mol. The molecule has 2 aromatic rings. The van der Waals surface area contributed by atoms with Gasteiger partial charge in [0.25, 0.3) is 5.91 Å². The number of hydrogen-bond donors (Lipinski definition) is 2. The van der Waals surface area contributed by atoms with Crippen LogP contribution in [0, 0.1) is 6.92 Å². The van der Waals surface area contributed by atoms with Crippen molar-refractivity contribution < 1.29 is 24.2 Å². The lowest BCUT2D eigenvalue weighted by Crippen LogP contribution is -2.23. The van der Waals surface area contributed by atoms with Gasteiger partial charge in [-0.15, -0.1) is 0 Å². The first kappa shape index (κ1) is 19.4.